The Morgan fingerprint density at radius 1 is 1.26 bits per heavy atom. The number of esters is 1. The maximum Gasteiger partial charge on any atom is 0.307 e. The number of anilines is 1. The van der Waals surface area contributed by atoms with Gasteiger partial charge in [0, 0.05) is 24.8 Å². The summed E-state index contributed by atoms with van der Waals surface area (Å²) in [6.07, 6.45) is 0.199. The third-order valence-electron chi connectivity index (χ3n) is 2.46. The Morgan fingerprint density at radius 3 is 2.37 bits per heavy atom. The van der Waals surface area contributed by atoms with E-state index in [1.807, 2.05) is 0 Å². The fraction of sp³-hybridized carbons (Fsp3) is 0.385. The predicted octanol–water partition coefficient (Wildman–Crippen LogP) is 1.72. The molecule has 1 aromatic carbocycles. The Labute approximate surface area is 119 Å². The van der Waals surface area contributed by atoms with E-state index in [4.69, 9.17) is 10.5 Å². The minimum atomic E-state index is -0.297. The molecule has 0 unspecified atom stereocenters. The van der Waals surface area contributed by atoms with Crippen molar-refractivity contribution < 1.29 is 14.3 Å². The average Bonchev–Trinajstić information content (AvgIpc) is 2.36. The van der Waals surface area contributed by atoms with Gasteiger partial charge in [0.15, 0.2) is 0 Å². The van der Waals surface area contributed by atoms with E-state index in [1.54, 1.807) is 38.2 Å². The number of nitrogens with two attached hydrogens (primary N) is 1. The number of nitrogens with zero attached hydrogens (tertiary/aromatic N) is 1. The maximum atomic E-state index is 12.0. The Kier molecular flexibility index (Phi) is 7.60. The zero-order chi connectivity index (χ0) is 13.5. The Morgan fingerprint density at radius 2 is 1.84 bits per heavy atom. The van der Waals surface area contributed by atoms with Gasteiger partial charge in [-0.2, -0.15) is 0 Å². The topological polar surface area (TPSA) is 72.6 Å². The molecule has 2 N–H and O–H groups in total. The number of carbonyl (C=O) groups is 2. The number of carbonyl (C=O) groups excluding carboxylic acids is 2. The molecule has 0 spiro atoms. The van der Waals surface area contributed by atoms with Crippen LogP contribution < -0.4 is 5.73 Å². The maximum absolute atomic E-state index is 12.0. The van der Waals surface area contributed by atoms with Crippen LogP contribution in [-0.2, 0) is 9.53 Å². The van der Waals surface area contributed by atoms with E-state index < -0.39 is 0 Å². The van der Waals surface area contributed by atoms with E-state index in [-0.39, 0.29) is 30.7 Å². The summed E-state index contributed by atoms with van der Waals surface area (Å²) >= 11 is 0. The van der Waals surface area contributed by atoms with Gasteiger partial charge in [0.25, 0.3) is 5.91 Å². The molecule has 0 aliphatic rings. The highest BCUT2D eigenvalue weighted by Crippen LogP contribution is 2.08. The summed E-state index contributed by atoms with van der Waals surface area (Å²) in [5, 5.41) is 0. The van der Waals surface area contributed by atoms with Crippen molar-refractivity contribution in [3.8, 4) is 0 Å². The lowest BCUT2D eigenvalue weighted by Crippen LogP contribution is -2.29. The SMILES string of the molecule is CCOC(=O)CCN(C)C(=O)c1ccc(N)cc1.Cl. The van der Waals surface area contributed by atoms with E-state index in [0.29, 0.717) is 24.4 Å². The van der Waals surface area contributed by atoms with Crippen LogP contribution in [0.2, 0.25) is 0 Å². The van der Waals surface area contributed by atoms with Crippen molar-refractivity contribution in [3.63, 3.8) is 0 Å². The van der Waals surface area contributed by atoms with Gasteiger partial charge in [0.1, 0.15) is 0 Å². The molecule has 1 aromatic rings. The number of rotatable bonds is 5. The molecule has 0 fully saturated rings. The van der Waals surface area contributed by atoms with E-state index in [9.17, 15) is 9.59 Å². The second-order valence-electron chi connectivity index (χ2n) is 3.90. The summed E-state index contributed by atoms with van der Waals surface area (Å²) in [7, 11) is 1.65. The lowest BCUT2D eigenvalue weighted by Gasteiger charge is -2.16. The molecule has 19 heavy (non-hydrogen) atoms. The second kappa shape index (κ2) is 8.37. The van der Waals surface area contributed by atoms with Crippen molar-refractivity contribution in [3.05, 3.63) is 29.8 Å². The van der Waals surface area contributed by atoms with Gasteiger partial charge >= 0.3 is 5.97 Å². The number of nitrogen functional groups attached to an aromatic ring is 1. The van der Waals surface area contributed by atoms with Gasteiger partial charge in [-0.15, -0.1) is 12.4 Å². The number of amides is 1. The van der Waals surface area contributed by atoms with Crippen molar-refractivity contribution in [2.75, 3.05) is 25.9 Å². The fourth-order valence-corrected chi connectivity index (χ4v) is 1.44. The average molecular weight is 287 g/mol. The van der Waals surface area contributed by atoms with Gasteiger partial charge in [-0.25, -0.2) is 0 Å². The smallest absolute Gasteiger partial charge is 0.307 e. The van der Waals surface area contributed by atoms with Gasteiger partial charge in [-0.3, -0.25) is 9.59 Å². The van der Waals surface area contributed by atoms with Crippen LogP contribution in [0.25, 0.3) is 0 Å². The quantitative estimate of drug-likeness (QED) is 0.661. The molecule has 0 saturated carbocycles. The first-order valence-electron chi connectivity index (χ1n) is 5.81. The zero-order valence-electron chi connectivity index (χ0n) is 11.1. The van der Waals surface area contributed by atoms with Gasteiger partial charge in [0.05, 0.1) is 13.0 Å². The Bertz CT molecular complexity index is 420. The lowest BCUT2D eigenvalue weighted by molar-refractivity contribution is -0.143. The first-order valence-corrected chi connectivity index (χ1v) is 5.81. The van der Waals surface area contributed by atoms with Gasteiger partial charge in [-0.05, 0) is 31.2 Å². The minimum Gasteiger partial charge on any atom is -0.466 e. The third kappa shape index (κ3) is 5.61. The van der Waals surface area contributed by atoms with Crippen LogP contribution in [0.3, 0.4) is 0 Å². The van der Waals surface area contributed by atoms with Crippen molar-refractivity contribution in [2.45, 2.75) is 13.3 Å². The highest BCUT2D eigenvalue weighted by Gasteiger charge is 2.13. The monoisotopic (exact) mass is 286 g/mol. The summed E-state index contributed by atoms with van der Waals surface area (Å²) in [6.45, 7) is 2.44. The molecule has 1 rings (SSSR count). The molecule has 1 amide bonds. The highest BCUT2D eigenvalue weighted by atomic mass is 35.5. The van der Waals surface area contributed by atoms with Crippen LogP contribution in [0.15, 0.2) is 24.3 Å². The van der Waals surface area contributed by atoms with Gasteiger partial charge < -0.3 is 15.4 Å². The first-order chi connectivity index (χ1) is 8.54. The molecular formula is C13H19ClN2O3. The Hall–Kier alpha value is -1.75. The standard InChI is InChI=1S/C13H18N2O3.ClH/c1-3-18-12(16)8-9-15(2)13(17)10-4-6-11(14)7-5-10;/h4-7H,3,8-9,14H2,1-2H3;1H. The molecular weight excluding hydrogens is 268 g/mol. The first kappa shape index (κ1) is 17.2. The summed E-state index contributed by atoms with van der Waals surface area (Å²) in [6, 6.07) is 6.68. The second-order valence-corrected chi connectivity index (χ2v) is 3.90. The normalized spacial score (nSPS) is 9.37. The Balaban J connectivity index is 0.00000324. The number of hydrogen-bond donors (Lipinski definition) is 1. The third-order valence-corrected chi connectivity index (χ3v) is 2.46. The molecule has 0 atom stereocenters. The van der Waals surface area contributed by atoms with Crippen molar-refractivity contribution in [1.82, 2.24) is 4.90 Å². The molecule has 0 bridgehead atoms. The number of halogens is 1. The molecule has 0 aliphatic heterocycles. The molecule has 6 heteroatoms. The molecule has 5 nitrogen and oxygen atoms in total. The molecule has 0 saturated heterocycles. The van der Waals surface area contributed by atoms with Crippen LogP contribution in [0.5, 0.6) is 0 Å². The summed E-state index contributed by atoms with van der Waals surface area (Å²) in [5.41, 5.74) is 6.71. The lowest BCUT2D eigenvalue weighted by atomic mass is 10.2. The van der Waals surface area contributed by atoms with Gasteiger partial charge in [0.2, 0.25) is 0 Å². The van der Waals surface area contributed by atoms with Crippen LogP contribution >= 0.6 is 12.4 Å². The van der Waals surface area contributed by atoms with Crippen molar-refractivity contribution >= 4 is 30.0 Å². The van der Waals surface area contributed by atoms with E-state index in [2.05, 4.69) is 0 Å². The van der Waals surface area contributed by atoms with Crippen LogP contribution in [0, 0.1) is 0 Å². The van der Waals surface area contributed by atoms with Crippen molar-refractivity contribution in [2.24, 2.45) is 0 Å². The molecule has 0 heterocycles. The van der Waals surface area contributed by atoms with E-state index >= 15 is 0 Å². The molecule has 0 aliphatic carbocycles. The summed E-state index contributed by atoms with van der Waals surface area (Å²) < 4.78 is 4.80. The largest absolute Gasteiger partial charge is 0.466 e. The molecule has 0 aromatic heterocycles. The minimum absolute atomic E-state index is 0. The molecule has 106 valence electrons. The highest BCUT2D eigenvalue weighted by molar-refractivity contribution is 5.94. The zero-order valence-corrected chi connectivity index (χ0v) is 11.9. The number of hydrogen-bond acceptors (Lipinski definition) is 4. The van der Waals surface area contributed by atoms with Gasteiger partial charge in [-0.1, -0.05) is 0 Å². The summed E-state index contributed by atoms with van der Waals surface area (Å²) in [5.74, 6) is -0.436. The molecule has 0 radical (unpaired) electrons. The van der Waals surface area contributed by atoms with E-state index in [1.165, 1.54) is 4.90 Å². The number of benzene rings is 1. The summed E-state index contributed by atoms with van der Waals surface area (Å²) in [4.78, 5) is 24.6. The predicted molar refractivity (Wildman–Crippen MR) is 76.3 cm³/mol. The van der Waals surface area contributed by atoms with Crippen molar-refractivity contribution in [1.29, 1.82) is 0 Å². The van der Waals surface area contributed by atoms with Crippen LogP contribution in [0.4, 0.5) is 5.69 Å². The van der Waals surface area contributed by atoms with Crippen LogP contribution in [0.1, 0.15) is 23.7 Å². The number of ether oxygens (including phenoxy) is 1. The van der Waals surface area contributed by atoms with Crippen LogP contribution in [-0.4, -0.2) is 37.0 Å². The fourth-order valence-electron chi connectivity index (χ4n) is 1.44. The van der Waals surface area contributed by atoms with E-state index in [0.717, 1.165) is 0 Å².